The van der Waals surface area contributed by atoms with Crippen LogP contribution in [-0.2, 0) is 17.1 Å². The third-order valence-electron chi connectivity index (χ3n) is 6.26. The molecule has 1 aromatic carbocycles. The van der Waals surface area contributed by atoms with Crippen LogP contribution in [-0.4, -0.2) is 50.0 Å². The Labute approximate surface area is 216 Å². The molecule has 1 aliphatic rings. The Morgan fingerprint density at radius 1 is 1.05 bits per heavy atom. The highest BCUT2D eigenvalue weighted by molar-refractivity contribution is 5.69. The molecule has 1 saturated heterocycles. The Kier molecular flexibility index (Phi) is 8.98. The second-order valence-corrected chi connectivity index (χ2v) is 9.48. The maximum atomic E-state index is 13.1. The molecule has 1 amide bonds. The summed E-state index contributed by atoms with van der Waals surface area (Å²) >= 11 is 0. The number of amides is 1. The van der Waals surface area contributed by atoms with E-state index >= 15 is 0 Å². The van der Waals surface area contributed by atoms with Gasteiger partial charge in [-0.1, -0.05) is 13.8 Å². The van der Waals surface area contributed by atoms with Crippen LogP contribution in [0.5, 0.6) is 0 Å². The largest absolute Gasteiger partial charge is 0.447 e. The molecule has 0 radical (unpaired) electrons. The number of ether oxygens (including phenoxy) is 1. The fraction of sp³-hybridized carbons (Fsp3) is 0.560. The third kappa shape index (κ3) is 7.41. The Morgan fingerprint density at radius 2 is 1.61 bits per heavy atom. The second kappa shape index (κ2) is 11.6. The molecule has 210 valence electrons. The first-order valence-corrected chi connectivity index (χ1v) is 12.4. The van der Waals surface area contributed by atoms with E-state index in [-0.39, 0.29) is 47.9 Å². The van der Waals surface area contributed by atoms with Gasteiger partial charge in [0.2, 0.25) is 5.95 Å². The molecular weight excluding hydrogens is 516 g/mol. The van der Waals surface area contributed by atoms with E-state index in [1.54, 1.807) is 18.7 Å². The maximum absolute atomic E-state index is 13.1. The number of nitrogens with zero attached hydrogens (tertiary/aromatic N) is 4. The number of halogens is 6. The van der Waals surface area contributed by atoms with Gasteiger partial charge in [0.1, 0.15) is 6.33 Å². The van der Waals surface area contributed by atoms with Crippen LogP contribution in [0.15, 0.2) is 24.5 Å². The monoisotopic (exact) mass is 547 g/mol. The summed E-state index contributed by atoms with van der Waals surface area (Å²) in [4.78, 5) is 18.6. The van der Waals surface area contributed by atoms with Gasteiger partial charge in [-0.3, -0.25) is 0 Å². The van der Waals surface area contributed by atoms with Crippen LogP contribution in [0.2, 0.25) is 0 Å². The molecule has 1 fully saturated rings. The number of piperidine rings is 1. The van der Waals surface area contributed by atoms with Gasteiger partial charge < -0.3 is 15.0 Å². The average molecular weight is 548 g/mol. The van der Waals surface area contributed by atoms with Crippen molar-refractivity contribution in [1.82, 2.24) is 19.7 Å². The lowest BCUT2D eigenvalue weighted by Crippen LogP contribution is -2.55. The molecular formula is C25H31F6N5O2. The molecule has 0 saturated carbocycles. The molecule has 2 atom stereocenters. The molecule has 7 nitrogen and oxygen atoms in total. The van der Waals surface area contributed by atoms with E-state index in [2.05, 4.69) is 15.4 Å². The zero-order chi connectivity index (χ0) is 28.3. The van der Waals surface area contributed by atoms with E-state index in [0.29, 0.717) is 25.0 Å². The van der Waals surface area contributed by atoms with Crippen molar-refractivity contribution < 1.29 is 35.9 Å². The van der Waals surface area contributed by atoms with Gasteiger partial charge in [-0.25, -0.2) is 14.5 Å². The molecule has 3 rings (SSSR count). The van der Waals surface area contributed by atoms with Crippen molar-refractivity contribution in [2.75, 3.05) is 5.32 Å². The molecule has 1 aliphatic heterocycles. The summed E-state index contributed by atoms with van der Waals surface area (Å²) in [6.07, 6.45) is -4.09. The summed E-state index contributed by atoms with van der Waals surface area (Å²) in [6, 6.07) is 1.19. The van der Waals surface area contributed by atoms with Crippen LogP contribution < -0.4 is 5.32 Å². The standard InChI is InChI=1S/C25H31F6N5O2/c1-5-20-12-19(13-21(6-2)36(20)23(37)38-15(3)4)33-22-32-14-35(34-22)8-7-16-9-17(24(26,27)28)11-18(10-16)25(29,30)31/h7-11,14-15,19-21H,5-6,12-13H2,1-4H3,(H,33,34). The molecule has 0 spiro atoms. The molecule has 0 bridgehead atoms. The lowest BCUT2D eigenvalue weighted by atomic mass is 9.89. The van der Waals surface area contributed by atoms with Crippen molar-refractivity contribution in [3.8, 4) is 0 Å². The van der Waals surface area contributed by atoms with Crippen LogP contribution in [0.4, 0.5) is 37.1 Å². The summed E-state index contributed by atoms with van der Waals surface area (Å²) in [7, 11) is 0. The molecule has 13 heteroatoms. The average Bonchev–Trinajstić information content (AvgIpc) is 3.27. The van der Waals surface area contributed by atoms with Gasteiger partial charge in [-0.2, -0.15) is 26.3 Å². The first-order valence-electron chi connectivity index (χ1n) is 12.4. The number of anilines is 1. The molecule has 38 heavy (non-hydrogen) atoms. The molecule has 1 aromatic heterocycles. The van der Waals surface area contributed by atoms with Crippen molar-refractivity contribution in [2.45, 2.75) is 90.0 Å². The second-order valence-electron chi connectivity index (χ2n) is 9.48. The van der Waals surface area contributed by atoms with Gasteiger partial charge in [-0.15, -0.1) is 5.10 Å². The van der Waals surface area contributed by atoms with E-state index in [1.165, 1.54) is 17.2 Å². The summed E-state index contributed by atoms with van der Waals surface area (Å²) in [5, 5.41) is 7.45. The summed E-state index contributed by atoms with van der Waals surface area (Å²) in [5.74, 6) is 0.252. The topological polar surface area (TPSA) is 72.3 Å². The van der Waals surface area contributed by atoms with E-state index < -0.39 is 23.5 Å². The van der Waals surface area contributed by atoms with E-state index in [4.69, 9.17) is 4.74 Å². The van der Waals surface area contributed by atoms with E-state index in [1.807, 2.05) is 13.8 Å². The maximum Gasteiger partial charge on any atom is 0.416 e. The van der Waals surface area contributed by atoms with E-state index in [0.717, 1.165) is 18.9 Å². The number of hydrogen-bond acceptors (Lipinski definition) is 5. The number of alkyl halides is 6. The van der Waals surface area contributed by atoms with Crippen molar-refractivity contribution in [1.29, 1.82) is 0 Å². The normalized spacial score (nSPS) is 20.8. The minimum atomic E-state index is -4.93. The van der Waals surface area contributed by atoms with Crippen LogP contribution in [0.25, 0.3) is 12.3 Å². The number of carbonyl (C=O) groups is 1. The molecule has 2 heterocycles. The lowest BCUT2D eigenvalue weighted by Gasteiger charge is -2.44. The van der Waals surface area contributed by atoms with Crippen molar-refractivity contribution in [2.24, 2.45) is 0 Å². The number of aromatic nitrogens is 3. The zero-order valence-electron chi connectivity index (χ0n) is 21.5. The fourth-order valence-corrected chi connectivity index (χ4v) is 4.52. The first kappa shape index (κ1) is 29.3. The minimum absolute atomic E-state index is 0.0503. The van der Waals surface area contributed by atoms with Crippen LogP contribution in [0.3, 0.4) is 0 Å². The quantitative estimate of drug-likeness (QED) is 0.381. The summed E-state index contributed by atoms with van der Waals surface area (Å²) in [6.45, 7) is 7.58. The number of rotatable bonds is 7. The Bertz CT molecular complexity index is 1080. The fourth-order valence-electron chi connectivity index (χ4n) is 4.52. The highest BCUT2D eigenvalue weighted by atomic mass is 19.4. The highest BCUT2D eigenvalue weighted by Gasteiger charge is 2.39. The van der Waals surface area contributed by atoms with Gasteiger partial charge in [0.15, 0.2) is 0 Å². The third-order valence-corrected chi connectivity index (χ3v) is 6.26. The molecule has 1 N–H and O–H groups in total. The van der Waals surface area contributed by atoms with Gasteiger partial charge >= 0.3 is 18.4 Å². The SMILES string of the molecule is CCC1CC(Nc2ncn(C=Cc3cc(C(F)(F)F)cc(C(F)(F)F)c3)n2)CC(CC)N1C(=O)OC(C)C. The summed E-state index contributed by atoms with van der Waals surface area (Å²) < 4.78 is 85.2. The van der Waals surface area contributed by atoms with Crippen molar-refractivity contribution in [3.05, 3.63) is 41.2 Å². The number of carbonyl (C=O) groups excluding carboxylic acids is 1. The number of benzene rings is 1. The minimum Gasteiger partial charge on any atom is -0.447 e. The molecule has 2 aromatic rings. The molecule has 0 aliphatic carbocycles. The number of likely N-dealkylation sites (tertiary alicyclic amines) is 1. The van der Waals surface area contributed by atoms with Gasteiger partial charge in [0.05, 0.1) is 17.2 Å². The van der Waals surface area contributed by atoms with Gasteiger partial charge in [0, 0.05) is 24.3 Å². The zero-order valence-corrected chi connectivity index (χ0v) is 21.5. The molecule has 2 unspecified atom stereocenters. The smallest absolute Gasteiger partial charge is 0.416 e. The summed E-state index contributed by atoms with van der Waals surface area (Å²) in [5.41, 5.74) is -3.07. The van der Waals surface area contributed by atoms with Gasteiger partial charge in [-0.05, 0) is 69.4 Å². The number of nitrogens with one attached hydrogen (secondary N) is 1. The van der Waals surface area contributed by atoms with Gasteiger partial charge in [0.25, 0.3) is 0 Å². The number of hydrogen-bond donors (Lipinski definition) is 1. The van der Waals surface area contributed by atoms with Crippen molar-refractivity contribution in [3.63, 3.8) is 0 Å². The van der Waals surface area contributed by atoms with Crippen LogP contribution >= 0.6 is 0 Å². The van der Waals surface area contributed by atoms with Crippen LogP contribution in [0.1, 0.15) is 70.1 Å². The first-order chi connectivity index (χ1) is 17.7. The lowest BCUT2D eigenvalue weighted by molar-refractivity contribution is -0.143. The predicted molar refractivity (Wildman–Crippen MR) is 130 cm³/mol. The van der Waals surface area contributed by atoms with Crippen molar-refractivity contribution >= 4 is 24.3 Å². The Balaban J connectivity index is 1.73. The van der Waals surface area contributed by atoms with E-state index in [9.17, 15) is 31.1 Å². The predicted octanol–water partition coefficient (Wildman–Crippen LogP) is 6.92. The Hall–Kier alpha value is -3.25. The van der Waals surface area contributed by atoms with Crippen LogP contribution in [0, 0.1) is 0 Å². The Morgan fingerprint density at radius 3 is 2.08 bits per heavy atom. The highest BCUT2D eigenvalue weighted by Crippen LogP contribution is 2.36.